The molecule has 1 aromatic carbocycles. The summed E-state index contributed by atoms with van der Waals surface area (Å²) in [5.41, 5.74) is 2.04. The lowest BCUT2D eigenvalue weighted by Crippen LogP contribution is -2.24. The fraction of sp³-hybridized carbons (Fsp3) is 0.364. The summed E-state index contributed by atoms with van der Waals surface area (Å²) in [6.07, 6.45) is 1.16. The van der Waals surface area contributed by atoms with Crippen molar-refractivity contribution in [2.75, 3.05) is 18.6 Å². The normalized spacial score (nSPS) is 12.1. The Balaban J connectivity index is 2.02. The predicted molar refractivity (Wildman–Crippen MR) is 74.3 cm³/mol. The summed E-state index contributed by atoms with van der Waals surface area (Å²) in [5, 5.41) is 0.895. The molecule has 2 rings (SSSR count). The summed E-state index contributed by atoms with van der Waals surface area (Å²) in [4.78, 5) is 4.49. The molecular formula is C11H15N3O2S2. The number of aryl methyl sites for hydroxylation is 1. The van der Waals surface area contributed by atoms with Crippen LogP contribution in [0.25, 0.3) is 11.0 Å². The molecule has 0 saturated carbocycles. The molecule has 0 fully saturated rings. The number of sulfonamides is 1. The van der Waals surface area contributed by atoms with Crippen molar-refractivity contribution >= 4 is 32.8 Å². The third kappa shape index (κ3) is 3.24. The Labute approximate surface area is 111 Å². The topological polar surface area (TPSA) is 64.0 Å². The van der Waals surface area contributed by atoms with Crippen molar-refractivity contribution in [3.05, 3.63) is 24.3 Å². The van der Waals surface area contributed by atoms with Gasteiger partial charge in [0.25, 0.3) is 0 Å². The van der Waals surface area contributed by atoms with Crippen LogP contribution in [0.1, 0.15) is 0 Å². The lowest BCUT2D eigenvalue weighted by molar-refractivity contribution is 0.590. The summed E-state index contributed by atoms with van der Waals surface area (Å²) in [7, 11) is -1.14. The van der Waals surface area contributed by atoms with E-state index in [0.29, 0.717) is 12.3 Å². The molecule has 0 aliphatic carbocycles. The number of aromatic nitrogens is 2. The average Bonchev–Trinajstić information content (AvgIpc) is 2.62. The molecule has 98 valence electrons. The number of fused-ring (bicyclic) bond motifs is 1. The van der Waals surface area contributed by atoms with Gasteiger partial charge in [0.2, 0.25) is 10.0 Å². The van der Waals surface area contributed by atoms with E-state index in [2.05, 4.69) is 9.71 Å². The second-order valence-corrected chi connectivity index (χ2v) is 6.85. The monoisotopic (exact) mass is 285 g/mol. The van der Waals surface area contributed by atoms with Crippen molar-refractivity contribution in [2.45, 2.75) is 5.16 Å². The molecular weight excluding hydrogens is 270 g/mol. The molecule has 0 saturated heterocycles. The largest absolute Gasteiger partial charge is 0.322 e. The van der Waals surface area contributed by atoms with Gasteiger partial charge in [0.05, 0.1) is 17.3 Å². The SMILES string of the molecule is Cn1c(SCCNS(C)(=O)=O)nc2ccccc21. The highest BCUT2D eigenvalue weighted by Crippen LogP contribution is 2.21. The van der Waals surface area contributed by atoms with E-state index < -0.39 is 10.0 Å². The maximum atomic E-state index is 10.9. The standard InChI is InChI=1S/C11H15N3O2S2/c1-14-10-6-4-3-5-9(10)13-11(14)17-8-7-12-18(2,15)16/h3-6,12H,7-8H2,1-2H3. The number of benzene rings is 1. The molecule has 1 aromatic heterocycles. The smallest absolute Gasteiger partial charge is 0.208 e. The van der Waals surface area contributed by atoms with Crippen LogP contribution in [0.2, 0.25) is 0 Å². The number of para-hydroxylation sites is 2. The van der Waals surface area contributed by atoms with E-state index in [0.717, 1.165) is 22.4 Å². The molecule has 1 heterocycles. The van der Waals surface area contributed by atoms with Crippen molar-refractivity contribution in [3.63, 3.8) is 0 Å². The Morgan fingerprint density at radius 3 is 2.78 bits per heavy atom. The van der Waals surface area contributed by atoms with Gasteiger partial charge in [0, 0.05) is 19.3 Å². The van der Waals surface area contributed by atoms with E-state index in [4.69, 9.17) is 0 Å². The third-order valence-electron chi connectivity index (χ3n) is 2.44. The molecule has 0 amide bonds. The highest BCUT2D eigenvalue weighted by atomic mass is 32.2. The molecule has 0 spiro atoms. The molecule has 18 heavy (non-hydrogen) atoms. The van der Waals surface area contributed by atoms with Crippen LogP contribution >= 0.6 is 11.8 Å². The number of hydrogen-bond donors (Lipinski definition) is 1. The molecule has 0 radical (unpaired) electrons. The third-order valence-corrected chi connectivity index (χ3v) is 4.20. The summed E-state index contributed by atoms with van der Waals surface area (Å²) >= 11 is 1.54. The Kier molecular flexibility index (Phi) is 3.94. The van der Waals surface area contributed by atoms with Gasteiger partial charge in [-0.15, -0.1) is 0 Å². The summed E-state index contributed by atoms with van der Waals surface area (Å²) in [6, 6.07) is 7.91. The summed E-state index contributed by atoms with van der Waals surface area (Å²) in [6.45, 7) is 0.409. The van der Waals surface area contributed by atoms with Crippen molar-refractivity contribution in [3.8, 4) is 0 Å². The van der Waals surface area contributed by atoms with Gasteiger partial charge in [-0.3, -0.25) is 0 Å². The van der Waals surface area contributed by atoms with Crippen molar-refractivity contribution in [1.82, 2.24) is 14.3 Å². The Morgan fingerprint density at radius 2 is 2.11 bits per heavy atom. The maximum absolute atomic E-state index is 10.9. The van der Waals surface area contributed by atoms with Crippen LogP contribution in [0.5, 0.6) is 0 Å². The van der Waals surface area contributed by atoms with Crippen LogP contribution in [0, 0.1) is 0 Å². The second kappa shape index (κ2) is 5.29. The predicted octanol–water partition coefficient (Wildman–Crippen LogP) is 1.21. The van der Waals surface area contributed by atoms with Crippen molar-refractivity contribution in [2.24, 2.45) is 7.05 Å². The Bertz CT molecular complexity index is 649. The fourth-order valence-corrected chi connectivity index (χ4v) is 3.07. The Morgan fingerprint density at radius 1 is 1.39 bits per heavy atom. The van der Waals surface area contributed by atoms with Crippen LogP contribution in [-0.4, -0.2) is 36.5 Å². The zero-order chi connectivity index (χ0) is 13.2. The van der Waals surface area contributed by atoms with E-state index in [9.17, 15) is 8.42 Å². The average molecular weight is 285 g/mol. The summed E-state index contributed by atoms with van der Waals surface area (Å²) in [5.74, 6) is 0.657. The summed E-state index contributed by atoms with van der Waals surface area (Å²) < 4.78 is 26.3. The minimum absolute atomic E-state index is 0.409. The van der Waals surface area contributed by atoms with Gasteiger partial charge >= 0.3 is 0 Å². The number of thioether (sulfide) groups is 1. The highest BCUT2D eigenvalue weighted by molar-refractivity contribution is 7.99. The molecule has 2 aromatic rings. The first-order valence-electron chi connectivity index (χ1n) is 5.46. The molecule has 5 nitrogen and oxygen atoms in total. The van der Waals surface area contributed by atoms with E-state index in [1.165, 1.54) is 11.8 Å². The number of imidazole rings is 1. The van der Waals surface area contributed by atoms with Gasteiger partial charge in [0.1, 0.15) is 0 Å². The van der Waals surface area contributed by atoms with Gasteiger partial charge in [-0.1, -0.05) is 23.9 Å². The van der Waals surface area contributed by atoms with Crippen LogP contribution < -0.4 is 4.72 Å². The molecule has 7 heteroatoms. The number of hydrogen-bond acceptors (Lipinski definition) is 4. The molecule has 0 aliphatic rings. The van der Waals surface area contributed by atoms with Gasteiger partial charge in [-0.2, -0.15) is 0 Å². The van der Waals surface area contributed by atoms with Gasteiger partial charge < -0.3 is 4.57 Å². The van der Waals surface area contributed by atoms with Crippen LogP contribution in [0.15, 0.2) is 29.4 Å². The first-order chi connectivity index (χ1) is 8.47. The lowest BCUT2D eigenvalue weighted by Gasteiger charge is -2.02. The van der Waals surface area contributed by atoms with E-state index in [-0.39, 0.29) is 0 Å². The molecule has 0 atom stereocenters. The van der Waals surface area contributed by atoms with Crippen LogP contribution in [0.3, 0.4) is 0 Å². The van der Waals surface area contributed by atoms with Crippen molar-refractivity contribution in [1.29, 1.82) is 0 Å². The molecule has 0 aliphatic heterocycles. The van der Waals surface area contributed by atoms with Gasteiger partial charge in [-0.05, 0) is 12.1 Å². The number of nitrogens with zero attached hydrogens (tertiary/aromatic N) is 2. The van der Waals surface area contributed by atoms with Crippen LogP contribution in [-0.2, 0) is 17.1 Å². The van der Waals surface area contributed by atoms with Crippen LogP contribution in [0.4, 0.5) is 0 Å². The van der Waals surface area contributed by atoms with Gasteiger partial charge in [-0.25, -0.2) is 18.1 Å². The highest BCUT2D eigenvalue weighted by Gasteiger charge is 2.07. The minimum atomic E-state index is -3.10. The van der Waals surface area contributed by atoms with Crippen molar-refractivity contribution < 1.29 is 8.42 Å². The van der Waals surface area contributed by atoms with E-state index in [1.807, 2.05) is 35.9 Å². The lowest BCUT2D eigenvalue weighted by atomic mass is 10.3. The quantitative estimate of drug-likeness (QED) is 0.662. The minimum Gasteiger partial charge on any atom is -0.322 e. The zero-order valence-corrected chi connectivity index (χ0v) is 11.9. The Hall–Kier alpha value is -1.05. The number of rotatable bonds is 5. The van der Waals surface area contributed by atoms with E-state index >= 15 is 0 Å². The first-order valence-corrected chi connectivity index (χ1v) is 8.34. The molecule has 1 N–H and O–H groups in total. The molecule has 0 unspecified atom stereocenters. The fourth-order valence-electron chi connectivity index (χ4n) is 1.62. The molecule has 0 bridgehead atoms. The second-order valence-electron chi connectivity index (χ2n) is 3.96. The van der Waals surface area contributed by atoms with E-state index in [1.54, 1.807) is 0 Å². The maximum Gasteiger partial charge on any atom is 0.208 e. The van der Waals surface area contributed by atoms with Gasteiger partial charge in [0.15, 0.2) is 5.16 Å². The number of nitrogens with one attached hydrogen (secondary N) is 1. The first kappa shape index (κ1) is 13.4. The zero-order valence-electron chi connectivity index (χ0n) is 10.3.